The lowest BCUT2D eigenvalue weighted by atomic mass is 9.93. The molecule has 0 N–H and O–H groups in total. The van der Waals surface area contributed by atoms with Crippen molar-refractivity contribution in [3.63, 3.8) is 0 Å². The minimum atomic E-state index is 0.683. The molecule has 0 atom stereocenters. The largest absolute Gasteiger partial charge is 0.309 e. The summed E-state index contributed by atoms with van der Waals surface area (Å²) in [6, 6.07) is 77.4. The molecular formula is C57H38N4. The molecule has 0 saturated heterocycles. The number of aromatic nitrogens is 4. The lowest BCUT2D eigenvalue weighted by molar-refractivity contribution is 1.18. The first-order valence-electron chi connectivity index (χ1n) is 20.6. The fourth-order valence-corrected chi connectivity index (χ4v) is 8.43. The first-order valence-corrected chi connectivity index (χ1v) is 20.6. The zero-order valence-electron chi connectivity index (χ0n) is 33.2. The van der Waals surface area contributed by atoms with Gasteiger partial charge in [0, 0.05) is 45.5 Å². The van der Waals surface area contributed by atoms with Crippen LogP contribution >= 0.6 is 0 Å². The van der Waals surface area contributed by atoms with Crippen molar-refractivity contribution in [2.75, 3.05) is 0 Å². The Morgan fingerprint density at radius 1 is 0.295 bits per heavy atom. The van der Waals surface area contributed by atoms with E-state index >= 15 is 0 Å². The van der Waals surface area contributed by atoms with Crippen molar-refractivity contribution in [2.24, 2.45) is 0 Å². The quantitative estimate of drug-likeness (QED) is 0.154. The van der Waals surface area contributed by atoms with Gasteiger partial charge in [0.2, 0.25) is 0 Å². The Morgan fingerprint density at radius 2 is 0.787 bits per heavy atom. The van der Waals surface area contributed by atoms with Gasteiger partial charge in [-0.15, -0.1) is 0 Å². The molecule has 0 aliphatic heterocycles. The Kier molecular flexibility index (Phi) is 9.14. The van der Waals surface area contributed by atoms with E-state index in [1.165, 1.54) is 27.4 Å². The third-order valence-electron chi connectivity index (χ3n) is 11.5. The Balaban J connectivity index is 1.09. The summed E-state index contributed by atoms with van der Waals surface area (Å²) in [5.74, 6) is 0.683. The lowest BCUT2D eigenvalue weighted by Crippen LogP contribution is -1.96. The van der Waals surface area contributed by atoms with Gasteiger partial charge >= 0.3 is 0 Å². The number of rotatable bonds is 8. The maximum absolute atomic E-state index is 5.29. The predicted octanol–water partition coefficient (Wildman–Crippen LogP) is 14.6. The third kappa shape index (κ3) is 6.96. The first-order chi connectivity index (χ1) is 30.2. The molecule has 0 aliphatic carbocycles. The van der Waals surface area contributed by atoms with E-state index in [1.807, 2.05) is 42.7 Å². The van der Waals surface area contributed by atoms with E-state index in [9.17, 15) is 0 Å². The summed E-state index contributed by atoms with van der Waals surface area (Å²) in [7, 11) is 0. The molecule has 0 amide bonds. The average Bonchev–Trinajstić information content (AvgIpc) is 3.68. The lowest BCUT2D eigenvalue weighted by Gasteiger charge is -2.14. The van der Waals surface area contributed by atoms with Gasteiger partial charge in [0.05, 0.1) is 22.4 Å². The molecule has 0 fully saturated rings. The van der Waals surface area contributed by atoms with Crippen LogP contribution in [0.25, 0.3) is 106 Å². The normalized spacial score (nSPS) is 11.3. The minimum absolute atomic E-state index is 0.683. The molecule has 8 aromatic carbocycles. The third-order valence-corrected chi connectivity index (χ3v) is 11.5. The van der Waals surface area contributed by atoms with Gasteiger partial charge in [0.15, 0.2) is 5.82 Å². The van der Waals surface area contributed by atoms with Crippen molar-refractivity contribution in [1.29, 1.82) is 0 Å². The van der Waals surface area contributed by atoms with Gasteiger partial charge in [-0.25, -0.2) is 9.97 Å². The van der Waals surface area contributed by atoms with Crippen molar-refractivity contribution in [3.05, 3.63) is 231 Å². The molecule has 0 bridgehead atoms. The van der Waals surface area contributed by atoms with Gasteiger partial charge in [-0.1, -0.05) is 158 Å². The molecule has 3 aromatic heterocycles. The Hall–Kier alpha value is -8.21. The fourth-order valence-electron chi connectivity index (χ4n) is 8.43. The molecule has 0 unspecified atom stereocenters. The second-order valence-electron chi connectivity index (χ2n) is 15.3. The van der Waals surface area contributed by atoms with E-state index in [0.29, 0.717) is 5.82 Å². The van der Waals surface area contributed by atoms with Gasteiger partial charge in [0.25, 0.3) is 0 Å². The van der Waals surface area contributed by atoms with E-state index in [1.54, 1.807) is 0 Å². The number of hydrogen-bond donors (Lipinski definition) is 0. The zero-order valence-corrected chi connectivity index (χ0v) is 33.2. The van der Waals surface area contributed by atoms with E-state index in [-0.39, 0.29) is 0 Å². The summed E-state index contributed by atoms with van der Waals surface area (Å²) in [4.78, 5) is 14.8. The van der Waals surface area contributed by atoms with Gasteiger partial charge in [0.1, 0.15) is 0 Å². The van der Waals surface area contributed by atoms with Crippen molar-refractivity contribution < 1.29 is 0 Å². The number of nitrogens with zero attached hydrogens (tertiary/aromatic N) is 4. The second-order valence-corrected chi connectivity index (χ2v) is 15.3. The molecule has 286 valence electrons. The summed E-state index contributed by atoms with van der Waals surface area (Å²) in [5.41, 5.74) is 17.2. The van der Waals surface area contributed by atoms with Gasteiger partial charge in [-0.3, -0.25) is 4.98 Å². The molecule has 0 radical (unpaired) electrons. The van der Waals surface area contributed by atoms with Crippen LogP contribution in [0.1, 0.15) is 0 Å². The smallest absolute Gasteiger partial charge is 0.160 e. The van der Waals surface area contributed by atoms with Gasteiger partial charge in [-0.2, -0.15) is 0 Å². The van der Waals surface area contributed by atoms with Crippen LogP contribution in [0.15, 0.2) is 231 Å². The van der Waals surface area contributed by atoms with E-state index < -0.39 is 0 Å². The predicted molar refractivity (Wildman–Crippen MR) is 252 cm³/mol. The summed E-state index contributed by atoms with van der Waals surface area (Å²) in [6.07, 6.45) is 3.72. The highest BCUT2D eigenvalue weighted by Crippen LogP contribution is 2.39. The second kappa shape index (κ2) is 15.5. The van der Waals surface area contributed by atoms with E-state index in [0.717, 1.165) is 72.7 Å². The SMILES string of the molecule is c1ccc(-c2ccc(-c3cc(-c4cc(-c5ccc(-c6cccnc6)cc5)cc(-c5ccc6c(c5)c5ccccc5n6-c5ccccc5)c4)nc(-c4ccccc4)n3)cc2)cc1. The summed E-state index contributed by atoms with van der Waals surface area (Å²) in [6.45, 7) is 0. The van der Waals surface area contributed by atoms with Crippen LogP contribution in [0.4, 0.5) is 0 Å². The van der Waals surface area contributed by atoms with Crippen LogP contribution in [0.3, 0.4) is 0 Å². The molecule has 0 spiro atoms. The van der Waals surface area contributed by atoms with Crippen molar-refractivity contribution in [2.45, 2.75) is 0 Å². The highest BCUT2D eigenvalue weighted by molar-refractivity contribution is 6.10. The van der Waals surface area contributed by atoms with Crippen LogP contribution in [0.5, 0.6) is 0 Å². The molecule has 11 rings (SSSR count). The Morgan fingerprint density at radius 3 is 1.48 bits per heavy atom. The summed E-state index contributed by atoms with van der Waals surface area (Å²) >= 11 is 0. The maximum atomic E-state index is 5.29. The van der Waals surface area contributed by atoms with E-state index in [4.69, 9.17) is 9.97 Å². The van der Waals surface area contributed by atoms with Gasteiger partial charge in [-0.05, 0) is 105 Å². The van der Waals surface area contributed by atoms with Crippen LogP contribution in [0.2, 0.25) is 0 Å². The van der Waals surface area contributed by atoms with Crippen LogP contribution < -0.4 is 0 Å². The van der Waals surface area contributed by atoms with Crippen molar-refractivity contribution >= 4 is 21.8 Å². The zero-order chi connectivity index (χ0) is 40.5. The summed E-state index contributed by atoms with van der Waals surface area (Å²) < 4.78 is 2.36. The van der Waals surface area contributed by atoms with Gasteiger partial charge < -0.3 is 4.57 Å². The molecule has 4 nitrogen and oxygen atoms in total. The molecule has 61 heavy (non-hydrogen) atoms. The maximum Gasteiger partial charge on any atom is 0.160 e. The first kappa shape index (κ1) is 35.9. The average molecular weight is 779 g/mol. The molecule has 4 heteroatoms. The number of hydrogen-bond acceptors (Lipinski definition) is 3. The standard InChI is InChI=1S/C57H38N4/c1-4-13-39(14-5-1)40-26-28-43(29-27-40)53-37-54(60-57(59-53)44-15-6-2-7-16-44)49-34-47(42-24-22-41(23-25-42)46-17-12-32-58-38-46)33-48(35-49)45-30-31-56-52(36-45)51-20-10-11-21-55(51)61(56)50-18-8-3-9-19-50/h1-38H. The topological polar surface area (TPSA) is 43.6 Å². The molecule has 11 aromatic rings. The number of fused-ring (bicyclic) bond motifs is 3. The molecule has 0 saturated carbocycles. The van der Waals surface area contributed by atoms with Crippen LogP contribution in [-0.2, 0) is 0 Å². The fraction of sp³-hybridized carbons (Fsp3) is 0. The monoisotopic (exact) mass is 778 g/mol. The minimum Gasteiger partial charge on any atom is -0.309 e. The van der Waals surface area contributed by atoms with Crippen LogP contribution in [-0.4, -0.2) is 19.5 Å². The van der Waals surface area contributed by atoms with E-state index in [2.05, 4.69) is 198 Å². The molecular weight excluding hydrogens is 741 g/mol. The van der Waals surface area contributed by atoms with Crippen molar-refractivity contribution in [1.82, 2.24) is 19.5 Å². The summed E-state index contributed by atoms with van der Waals surface area (Å²) in [5, 5.41) is 2.43. The molecule has 0 aliphatic rings. The molecule has 3 heterocycles. The van der Waals surface area contributed by atoms with Crippen molar-refractivity contribution in [3.8, 4) is 84.1 Å². The Bertz CT molecular complexity index is 3300. The van der Waals surface area contributed by atoms with Crippen LogP contribution in [0, 0.1) is 0 Å². The highest BCUT2D eigenvalue weighted by atomic mass is 15.0. The number of pyridine rings is 1. The Labute approximate surface area is 354 Å². The number of para-hydroxylation sites is 2. The number of benzene rings is 8. The highest BCUT2D eigenvalue weighted by Gasteiger charge is 2.17.